The molecule has 0 aromatic rings. The SMILES string of the molecule is O=C1C2=C(CCCC2)C(=O)N1CC12CC3CC(CC(C3)C1)C2. The van der Waals surface area contributed by atoms with Crippen molar-refractivity contribution >= 4 is 11.8 Å². The Morgan fingerprint density at radius 3 is 1.73 bits per heavy atom. The third kappa shape index (κ3) is 1.80. The fourth-order valence-electron chi connectivity index (χ4n) is 6.76. The smallest absolute Gasteiger partial charge is 0.257 e. The van der Waals surface area contributed by atoms with Crippen LogP contribution in [0.15, 0.2) is 11.1 Å². The second-order valence-corrected chi connectivity index (χ2v) is 8.78. The second-order valence-electron chi connectivity index (χ2n) is 8.78. The molecule has 4 saturated carbocycles. The number of rotatable bonds is 2. The standard InChI is InChI=1S/C19H25NO2/c21-17-15-3-1-2-4-16(15)18(22)20(17)11-19-8-12-5-13(9-19)7-14(6-12)10-19/h12-14H,1-11H2. The molecule has 1 aliphatic heterocycles. The summed E-state index contributed by atoms with van der Waals surface area (Å²) in [5.41, 5.74) is 2.00. The lowest BCUT2D eigenvalue weighted by Crippen LogP contribution is -2.52. The van der Waals surface area contributed by atoms with Gasteiger partial charge in [0.25, 0.3) is 11.8 Å². The van der Waals surface area contributed by atoms with Crippen molar-refractivity contribution < 1.29 is 9.59 Å². The average molecular weight is 299 g/mol. The number of hydrogen-bond acceptors (Lipinski definition) is 2. The minimum Gasteiger partial charge on any atom is -0.274 e. The molecule has 22 heavy (non-hydrogen) atoms. The Balaban J connectivity index is 1.41. The van der Waals surface area contributed by atoms with E-state index >= 15 is 0 Å². The van der Waals surface area contributed by atoms with Crippen molar-refractivity contribution in [3.63, 3.8) is 0 Å². The summed E-state index contributed by atoms with van der Waals surface area (Å²) in [5.74, 6) is 2.76. The molecule has 0 radical (unpaired) electrons. The van der Waals surface area contributed by atoms with Crippen LogP contribution in [0.5, 0.6) is 0 Å². The van der Waals surface area contributed by atoms with Gasteiger partial charge in [0.05, 0.1) is 0 Å². The van der Waals surface area contributed by atoms with Crippen molar-refractivity contribution in [1.82, 2.24) is 4.90 Å². The van der Waals surface area contributed by atoms with Crippen LogP contribution in [0, 0.1) is 23.2 Å². The van der Waals surface area contributed by atoms with Gasteiger partial charge in [0.15, 0.2) is 0 Å². The van der Waals surface area contributed by atoms with E-state index < -0.39 is 0 Å². The molecule has 0 N–H and O–H groups in total. The topological polar surface area (TPSA) is 37.4 Å². The molecule has 0 saturated heterocycles. The maximum Gasteiger partial charge on any atom is 0.257 e. The molecule has 3 nitrogen and oxygen atoms in total. The van der Waals surface area contributed by atoms with E-state index in [1.165, 1.54) is 38.5 Å². The Bertz CT molecular complexity index is 525. The monoisotopic (exact) mass is 299 g/mol. The Morgan fingerprint density at radius 1 is 0.818 bits per heavy atom. The fraction of sp³-hybridized carbons (Fsp3) is 0.789. The maximum absolute atomic E-state index is 12.7. The first-order valence-corrected chi connectivity index (χ1v) is 9.22. The van der Waals surface area contributed by atoms with Crippen molar-refractivity contribution in [3.05, 3.63) is 11.1 Å². The minimum absolute atomic E-state index is 0.0652. The quantitative estimate of drug-likeness (QED) is 0.732. The Hall–Kier alpha value is -1.12. The number of nitrogens with zero attached hydrogens (tertiary/aromatic N) is 1. The van der Waals surface area contributed by atoms with Gasteiger partial charge in [0, 0.05) is 17.7 Å². The van der Waals surface area contributed by atoms with Crippen molar-refractivity contribution in [1.29, 1.82) is 0 Å². The molecule has 1 heterocycles. The van der Waals surface area contributed by atoms with E-state index in [0.29, 0.717) is 0 Å². The molecule has 4 fully saturated rings. The lowest BCUT2D eigenvalue weighted by molar-refractivity contribution is -0.144. The van der Waals surface area contributed by atoms with E-state index in [0.717, 1.165) is 61.1 Å². The lowest BCUT2D eigenvalue weighted by atomic mass is 9.49. The van der Waals surface area contributed by atoms with Crippen molar-refractivity contribution in [2.24, 2.45) is 23.2 Å². The summed E-state index contributed by atoms with van der Waals surface area (Å²) >= 11 is 0. The predicted octanol–water partition coefficient (Wildman–Crippen LogP) is 3.44. The Labute approximate surface area is 132 Å². The van der Waals surface area contributed by atoms with Crippen LogP contribution in [0.25, 0.3) is 0 Å². The summed E-state index contributed by atoms with van der Waals surface area (Å²) in [4.78, 5) is 27.1. The molecule has 5 aliphatic carbocycles. The highest BCUT2D eigenvalue weighted by atomic mass is 16.2. The first-order valence-electron chi connectivity index (χ1n) is 9.22. The zero-order chi connectivity index (χ0) is 14.9. The number of hydrogen-bond donors (Lipinski definition) is 0. The van der Waals surface area contributed by atoms with Gasteiger partial charge in [-0.3, -0.25) is 14.5 Å². The molecule has 0 unspecified atom stereocenters. The largest absolute Gasteiger partial charge is 0.274 e. The summed E-state index contributed by atoms with van der Waals surface area (Å²) in [5, 5.41) is 0. The fourth-order valence-corrected chi connectivity index (χ4v) is 6.76. The van der Waals surface area contributed by atoms with E-state index in [9.17, 15) is 9.59 Å². The van der Waals surface area contributed by atoms with Crippen LogP contribution in [-0.2, 0) is 9.59 Å². The van der Waals surface area contributed by atoms with Gasteiger partial charge >= 0.3 is 0 Å². The zero-order valence-electron chi connectivity index (χ0n) is 13.3. The van der Waals surface area contributed by atoms with Gasteiger partial charge in [0.1, 0.15) is 0 Å². The van der Waals surface area contributed by atoms with Gasteiger partial charge < -0.3 is 0 Å². The molecule has 6 rings (SSSR count). The second kappa shape index (κ2) is 4.46. The normalized spacial score (nSPS) is 43.3. The molecule has 118 valence electrons. The minimum atomic E-state index is 0.0652. The van der Waals surface area contributed by atoms with E-state index in [2.05, 4.69) is 0 Å². The Kier molecular flexibility index (Phi) is 2.70. The third-order valence-corrected chi connectivity index (χ3v) is 7.13. The first-order chi connectivity index (χ1) is 10.6. The van der Waals surface area contributed by atoms with Gasteiger partial charge in [0.2, 0.25) is 0 Å². The molecule has 0 spiro atoms. The molecular weight excluding hydrogens is 274 g/mol. The van der Waals surface area contributed by atoms with E-state index in [1.54, 1.807) is 4.90 Å². The van der Waals surface area contributed by atoms with Crippen LogP contribution < -0.4 is 0 Å². The van der Waals surface area contributed by atoms with Gasteiger partial charge in [-0.25, -0.2) is 0 Å². The highest BCUT2D eigenvalue weighted by Crippen LogP contribution is 2.60. The van der Waals surface area contributed by atoms with Gasteiger partial charge in [-0.15, -0.1) is 0 Å². The number of carbonyl (C=O) groups is 2. The molecule has 0 aromatic carbocycles. The lowest BCUT2D eigenvalue weighted by Gasteiger charge is -2.57. The highest BCUT2D eigenvalue weighted by Gasteiger charge is 2.53. The van der Waals surface area contributed by atoms with Gasteiger partial charge in [-0.2, -0.15) is 0 Å². The molecule has 0 atom stereocenters. The van der Waals surface area contributed by atoms with E-state index in [1.807, 2.05) is 0 Å². The average Bonchev–Trinajstić information content (AvgIpc) is 2.71. The third-order valence-electron chi connectivity index (χ3n) is 7.13. The van der Waals surface area contributed by atoms with Crippen LogP contribution in [0.1, 0.15) is 64.2 Å². The predicted molar refractivity (Wildman–Crippen MR) is 82.8 cm³/mol. The van der Waals surface area contributed by atoms with Crippen molar-refractivity contribution in [3.8, 4) is 0 Å². The van der Waals surface area contributed by atoms with Crippen LogP contribution >= 0.6 is 0 Å². The summed E-state index contributed by atoms with van der Waals surface area (Å²) in [6, 6.07) is 0. The maximum atomic E-state index is 12.7. The molecule has 2 amide bonds. The van der Waals surface area contributed by atoms with Crippen LogP contribution in [0.4, 0.5) is 0 Å². The van der Waals surface area contributed by atoms with E-state index in [4.69, 9.17) is 0 Å². The number of imide groups is 1. The van der Waals surface area contributed by atoms with Gasteiger partial charge in [-0.1, -0.05) is 0 Å². The molecule has 6 aliphatic rings. The number of carbonyl (C=O) groups excluding carboxylic acids is 2. The summed E-state index contributed by atoms with van der Waals surface area (Å²) in [7, 11) is 0. The summed E-state index contributed by atoms with van der Waals surface area (Å²) in [6.07, 6.45) is 11.8. The van der Waals surface area contributed by atoms with Crippen molar-refractivity contribution in [2.45, 2.75) is 64.2 Å². The van der Waals surface area contributed by atoms with Crippen LogP contribution in [0.2, 0.25) is 0 Å². The number of amides is 2. The zero-order valence-corrected chi connectivity index (χ0v) is 13.3. The first kappa shape index (κ1) is 13.3. The molecule has 4 bridgehead atoms. The van der Waals surface area contributed by atoms with Crippen LogP contribution in [-0.4, -0.2) is 23.3 Å². The molecule has 3 heteroatoms. The summed E-state index contributed by atoms with van der Waals surface area (Å²) in [6.45, 7) is 0.723. The van der Waals surface area contributed by atoms with Gasteiger partial charge in [-0.05, 0) is 87.4 Å². The molecular formula is C19H25NO2. The highest BCUT2D eigenvalue weighted by molar-refractivity contribution is 6.19. The molecule has 0 aromatic heterocycles. The van der Waals surface area contributed by atoms with E-state index in [-0.39, 0.29) is 17.2 Å². The van der Waals surface area contributed by atoms with Crippen LogP contribution in [0.3, 0.4) is 0 Å². The van der Waals surface area contributed by atoms with Crippen molar-refractivity contribution in [2.75, 3.05) is 6.54 Å². The summed E-state index contributed by atoms with van der Waals surface area (Å²) < 4.78 is 0. The Morgan fingerprint density at radius 2 is 1.27 bits per heavy atom.